The van der Waals surface area contributed by atoms with Crippen LogP contribution in [0.5, 0.6) is 11.5 Å². The van der Waals surface area contributed by atoms with Crippen molar-refractivity contribution in [3.05, 3.63) is 176 Å². The Morgan fingerprint density at radius 1 is 0.558 bits per heavy atom. The monoisotopic (exact) mass is 1180 g/mol. The van der Waals surface area contributed by atoms with Crippen molar-refractivity contribution in [2.24, 2.45) is 11.8 Å². The molecule has 0 aliphatic rings. The Labute approximate surface area is 519 Å². The number of nitrogens with zero attached hydrogens (tertiary/aromatic N) is 4. The number of benzene rings is 4. The zero-order valence-corrected chi connectivity index (χ0v) is 52.8. The smallest absolute Gasteiger partial charge is 0.245 e. The molecule has 4 heterocycles. The number of hydrogen-bond donors (Lipinski definition) is 2. The van der Waals surface area contributed by atoms with Crippen LogP contribution in [-0.4, -0.2) is 33.1 Å². The van der Waals surface area contributed by atoms with Crippen LogP contribution in [0.15, 0.2) is 144 Å². The van der Waals surface area contributed by atoms with E-state index in [0.717, 1.165) is 78.1 Å². The van der Waals surface area contributed by atoms with Crippen molar-refractivity contribution in [1.29, 1.82) is 5.26 Å². The molecule has 8 rings (SSSR count). The molecule has 8 nitrogen and oxygen atoms in total. The van der Waals surface area contributed by atoms with Gasteiger partial charge in [0.2, 0.25) is 5.70 Å². The van der Waals surface area contributed by atoms with E-state index in [4.69, 9.17) is 26.0 Å². The average Bonchev–Trinajstić information content (AvgIpc) is 1.63. The van der Waals surface area contributed by atoms with Gasteiger partial charge >= 0.3 is 0 Å². The van der Waals surface area contributed by atoms with Gasteiger partial charge in [0, 0.05) is 16.7 Å². The molecule has 0 fully saturated rings. The molecule has 2 atom stereocenters. The Morgan fingerprint density at radius 2 is 1.01 bits per heavy atom. The molecule has 0 spiro atoms. The number of aromatic amines is 2. The summed E-state index contributed by atoms with van der Waals surface area (Å²) in [6, 6.07) is 35.0. The van der Waals surface area contributed by atoms with Gasteiger partial charge in [-0.25, -0.2) is 14.8 Å². The van der Waals surface area contributed by atoms with Gasteiger partial charge in [0.15, 0.2) is 0 Å². The van der Waals surface area contributed by atoms with Crippen LogP contribution in [0.2, 0.25) is 0 Å². The van der Waals surface area contributed by atoms with Crippen LogP contribution < -0.4 is 20.2 Å². The van der Waals surface area contributed by atoms with Gasteiger partial charge in [-0.15, -0.1) is 22.7 Å². The summed E-state index contributed by atoms with van der Waals surface area (Å²) in [7, 11) is 0. The standard InChI is InChI=1S/C76H86N6O2S2/c1-6-10-14-18-22-24-28-32-40-57(38-30-26-20-16-12-8-3)55-83-61-50-46-59(47-51-61)70-68-69(73(82-70)74(78-5)76-80-65-43-35-37-45-67(65)86-76)71(81-72(68)63(54-77)75-79-64-42-34-36-44-66(64)85-75)60-48-52-62(53-49-60)84-56-58(39-31-27-21-17-13-9-4)41-33-29-25-23-19-15-11-7-2/h34-37,39,42-53,57-58,81-82H,4,6-8,10-12,14-16,18-20,22-26,28-30,32-33,38,40-41,55-56H2,1-3H3/b72-63-,74-73+. The number of unbranched alkanes of at least 4 members (excludes halogenated alkanes) is 19. The summed E-state index contributed by atoms with van der Waals surface area (Å²) < 4.78 is 15.2. The van der Waals surface area contributed by atoms with Crippen molar-refractivity contribution < 1.29 is 9.47 Å². The number of hydrogen-bond acceptors (Lipinski definition) is 7. The molecule has 0 radical (unpaired) electrons. The van der Waals surface area contributed by atoms with E-state index < -0.39 is 0 Å². The maximum absolute atomic E-state index is 11.3. The molecule has 0 amide bonds. The number of fused-ring (bicyclic) bond motifs is 3. The lowest BCUT2D eigenvalue weighted by molar-refractivity contribution is 0.224. The van der Waals surface area contributed by atoms with Crippen molar-refractivity contribution in [2.75, 3.05) is 13.2 Å². The third-order valence-corrected chi connectivity index (χ3v) is 18.3. The predicted octanol–water partition coefficient (Wildman–Crippen LogP) is 20.8. The Balaban J connectivity index is 1.17. The minimum atomic E-state index is 0.110. The van der Waals surface area contributed by atoms with E-state index in [-0.39, 0.29) is 5.92 Å². The van der Waals surface area contributed by atoms with Crippen LogP contribution >= 0.6 is 22.7 Å². The molecule has 8 aromatic rings. The number of H-pyrrole nitrogens is 2. The Kier molecular flexibility index (Phi) is 26.6. The Hall–Kier alpha value is -7.78. The highest BCUT2D eigenvalue weighted by molar-refractivity contribution is 7.20. The Morgan fingerprint density at radius 3 is 1.52 bits per heavy atom. The number of aromatic nitrogens is 4. The van der Waals surface area contributed by atoms with Crippen molar-refractivity contribution >= 4 is 65.1 Å². The molecule has 0 saturated carbocycles. The van der Waals surface area contributed by atoms with Crippen LogP contribution in [0.4, 0.5) is 0 Å². The van der Waals surface area contributed by atoms with E-state index in [9.17, 15) is 5.26 Å². The average molecular weight is 1180 g/mol. The third kappa shape index (κ3) is 18.6. The zero-order valence-electron chi connectivity index (χ0n) is 51.2. The molecule has 0 saturated heterocycles. The summed E-state index contributed by atoms with van der Waals surface area (Å²) in [5, 5.41) is 15.4. The molecular formula is C76H86N6O2S2. The SMILES string of the molecule is [C-]#[N+]/C(c1nc2ccccc2s1)=c1/[nH]c(-c2ccc(OCC(CCCCCCCC)CCCCCCCCCC)cc2)c2/c(=C(\C#N)c3nc4ccccc4s3)[nH]c(-c3ccc(OCC(C=C=C=C=C=C=C=C)CCCCCCCCCC)cc3)c12. The minimum Gasteiger partial charge on any atom is -0.493 e. The first-order valence-corrected chi connectivity index (χ1v) is 33.7. The number of nitriles is 1. The lowest BCUT2D eigenvalue weighted by Gasteiger charge is -2.18. The highest BCUT2D eigenvalue weighted by Crippen LogP contribution is 2.36. The van der Waals surface area contributed by atoms with E-state index in [1.165, 1.54) is 170 Å². The van der Waals surface area contributed by atoms with Gasteiger partial charge in [-0.1, -0.05) is 198 Å². The van der Waals surface area contributed by atoms with Crippen LogP contribution in [0, 0.1) is 29.7 Å². The van der Waals surface area contributed by atoms with E-state index in [2.05, 4.69) is 119 Å². The molecule has 2 N–H and O–H groups in total. The molecule has 4 aromatic heterocycles. The van der Waals surface area contributed by atoms with Gasteiger partial charge < -0.3 is 19.4 Å². The second kappa shape index (κ2) is 35.6. The van der Waals surface area contributed by atoms with E-state index in [0.29, 0.717) is 51.1 Å². The largest absolute Gasteiger partial charge is 0.493 e. The molecule has 10 heteroatoms. The number of thiazole rings is 2. The fourth-order valence-corrected chi connectivity index (χ4v) is 13.4. The lowest BCUT2D eigenvalue weighted by atomic mass is 9.94. The highest BCUT2D eigenvalue weighted by atomic mass is 32.1. The predicted molar refractivity (Wildman–Crippen MR) is 361 cm³/mol. The summed E-state index contributed by atoms with van der Waals surface area (Å²) in [5.74, 6) is 2.18. The van der Waals surface area contributed by atoms with Crippen LogP contribution in [-0.2, 0) is 0 Å². The number of nitrogens with one attached hydrogen (secondary N) is 2. The summed E-state index contributed by atoms with van der Waals surface area (Å²) >= 11 is 2.99. The number of ether oxygens (including phenoxy) is 2. The Bertz CT molecular complexity index is 3740. The summed E-state index contributed by atoms with van der Waals surface area (Å²) in [4.78, 5) is 22.0. The van der Waals surface area contributed by atoms with Gasteiger partial charge in [0.05, 0.1) is 62.3 Å². The van der Waals surface area contributed by atoms with Gasteiger partial charge in [-0.3, -0.25) is 0 Å². The maximum atomic E-state index is 11.3. The van der Waals surface area contributed by atoms with E-state index >= 15 is 0 Å². The van der Waals surface area contributed by atoms with Gasteiger partial charge in [-0.2, -0.15) is 5.26 Å². The first-order valence-electron chi connectivity index (χ1n) is 32.1. The second-order valence-electron chi connectivity index (χ2n) is 22.8. The molecule has 4 aromatic carbocycles. The fraction of sp³-hybridized carbons (Fsp3) is 0.421. The topological polar surface area (TPSA) is 104 Å². The van der Waals surface area contributed by atoms with Gasteiger partial charge in [0.1, 0.15) is 33.2 Å². The summed E-state index contributed by atoms with van der Waals surface area (Å²) in [6.45, 7) is 20.4. The molecule has 2 unspecified atom stereocenters. The van der Waals surface area contributed by atoms with Crippen molar-refractivity contribution in [1.82, 2.24) is 19.9 Å². The highest BCUT2D eigenvalue weighted by Gasteiger charge is 2.25. The normalized spacial score (nSPS) is 12.5. The zero-order chi connectivity index (χ0) is 60.0. The molecule has 0 aliphatic carbocycles. The molecule has 86 heavy (non-hydrogen) atoms. The van der Waals surface area contributed by atoms with Crippen molar-refractivity contribution in [3.8, 4) is 40.1 Å². The molecule has 0 bridgehead atoms. The first-order chi connectivity index (χ1) is 42.5. The molecular weight excluding hydrogens is 1090 g/mol. The fourth-order valence-electron chi connectivity index (χ4n) is 11.4. The van der Waals surface area contributed by atoms with Crippen LogP contribution in [0.1, 0.15) is 191 Å². The lowest BCUT2D eigenvalue weighted by Crippen LogP contribution is -2.12. The van der Waals surface area contributed by atoms with Crippen LogP contribution in [0.25, 0.3) is 69.8 Å². The first kappa shape index (κ1) is 64.2. The quantitative estimate of drug-likeness (QED) is 0.0231. The van der Waals surface area contributed by atoms with E-state index in [1.54, 1.807) is 0 Å². The third-order valence-electron chi connectivity index (χ3n) is 16.2. The summed E-state index contributed by atoms with van der Waals surface area (Å²) in [5.41, 5.74) is 22.5. The summed E-state index contributed by atoms with van der Waals surface area (Å²) in [6.07, 6.45) is 33.6. The van der Waals surface area contributed by atoms with Crippen LogP contribution in [0.3, 0.4) is 0 Å². The molecule has 444 valence electrons. The molecule has 0 aliphatic heterocycles. The van der Waals surface area contributed by atoms with Crippen molar-refractivity contribution in [2.45, 2.75) is 181 Å². The van der Waals surface area contributed by atoms with Crippen molar-refractivity contribution in [3.63, 3.8) is 0 Å². The minimum absolute atomic E-state index is 0.110. The van der Waals surface area contributed by atoms with Gasteiger partial charge in [0.25, 0.3) is 0 Å². The maximum Gasteiger partial charge on any atom is 0.245 e. The number of para-hydroxylation sites is 2. The second-order valence-corrected chi connectivity index (χ2v) is 24.9. The van der Waals surface area contributed by atoms with E-state index in [1.807, 2.05) is 66.7 Å². The van der Waals surface area contributed by atoms with Gasteiger partial charge in [-0.05, 0) is 145 Å². The number of rotatable bonds is 36.